The van der Waals surface area contributed by atoms with E-state index >= 15 is 0 Å². The summed E-state index contributed by atoms with van der Waals surface area (Å²) in [6, 6.07) is 46.1. The largest absolute Gasteiger partial charge is 1.00 e. The second-order valence-corrected chi connectivity index (χ2v) is 16.1. The van der Waals surface area contributed by atoms with Crippen molar-refractivity contribution in [1.29, 1.82) is 0 Å². The topological polar surface area (TPSA) is 240 Å². The van der Waals surface area contributed by atoms with Gasteiger partial charge in [0.2, 0.25) is 0 Å². The number of rotatable bonds is 8. The standard InChI is InChI=1S/C27H23N5O.C20H17N5O.C4H6O4.C2H4O2.B.Na/c28-27-26-25(29-18-30-27)23-16-31(15-19-7-3-1-4-8-19)17-24(23)32(26)20-11-13-22(14-12-20)33-21-9-5-2-6-10-21;21-20-19-18(23-12-24-20)16-10-22-11-17(16)25(19)13-6-8-15(9-7-13)26-14-4-2-1-3-5-14;1-3(5)7-8-4(2)6;1-2(3)4;;/h1-14,18H,15-17H2,(H2,28,29,30);1-9,12,22H,10-11H2,(H2,21,23,24);1-2H3;1H3,(H,3,4);;/q;;;;;+1/p-1. The van der Waals surface area contributed by atoms with Gasteiger partial charge in [-0.15, -0.1) is 0 Å². The van der Waals surface area contributed by atoms with Gasteiger partial charge in [0.1, 0.15) is 46.7 Å². The number of nitrogens with one attached hydrogen (secondary N) is 1. The molecular formula is C53H49BN10NaO8. The quantitative estimate of drug-likeness (QED) is 0.110. The van der Waals surface area contributed by atoms with Crippen molar-refractivity contribution in [2.45, 2.75) is 53.5 Å². The molecule has 0 aliphatic carbocycles. The van der Waals surface area contributed by atoms with Crippen LogP contribution in [0, 0.1) is 0 Å². The van der Waals surface area contributed by atoms with Crippen LogP contribution in [0.4, 0.5) is 11.6 Å². The number of carbonyl (C=O) groups excluding carboxylic acids is 3. The average Bonchev–Trinajstić information content (AvgIpc) is 4.15. The summed E-state index contributed by atoms with van der Waals surface area (Å²) in [5.41, 5.74) is 24.2. The number of hydrogen-bond acceptors (Lipinski definition) is 16. The Kier molecular flexibility index (Phi) is 18.9. The van der Waals surface area contributed by atoms with E-state index in [2.05, 4.69) is 91.5 Å². The molecule has 0 unspecified atom stereocenters. The molecule has 0 amide bonds. The maximum atomic E-state index is 9.85. The van der Waals surface area contributed by atoms with E-state index in [1.165, 1.54) is 34.4 Å². The maximum Gasteiger partial charge on any atom is 1.00 e. The summed E-state index contributed by atoms with van der Waals surface area (Å²) < 4.78 is 16.2. The number of carboxylic acids is 1. The summed E-state index contributed by atoms with van der Waals surface area (Å²) >= 11 is 0. The van der Waals surface area contributed by atoms with Crippen molar-refractivity contribution >= 4 is 60.0 Å². The van der Waals surface area contributed by atoms with E-state index in [1.807, 2.05) is 97.1 Å². The first-order valence-electron chi connectivity index (χ1n) is 22.4. The van der Waals surface area contributed by atoms with Crippen molar-refractivity contribution in [3.8, 4) is 34.4 Å². The van der Waals surface area contributed by atoms with Crippen LogP contribution in [-0.4, -0.2) is 60.3 Å². The Hall–Kier alpha value is -8.07. The average molecular weight is 988 g/mol. The molecule has 5 aromatic carbocycles. The number of ether oxygens (including phenoxy) is 2. The van der Waals surface area contributed by atoms with Gasteiger partial charge in [0.25, 0.3) is 0 Å². The molecule has 18 nitrogen and oxygen atoms in total. The van der Waals surface area contributed by atoms with Gasteiger partial charge in [-0.2, -0.15) is 0 Å². The minimum absolute atomic E-state index is 0. The fraction of sp³-hybridized carbons (Fsp3) is 0.151. The number of benzene rings is 5. The zero-order valence-electron chi connectivity index (χ0n) is 40.6. The number of aliphatic carboxylic acids is 1. The van der Waals surface area contributed by atoms with Crippen LogP contribution >= 0.6 is 0 Å². The zero-order valence-corrected chi connectivity index (χ0v) is 42.6. The second kappa shape index (κ2) is 25.4. The molecule has 9 aromatic rings. The maximum absolute atomic E-state index is 9.85. The number of carboxylic acid groups (broad SMARTS) is 1. The van der Waals surface area contributed by atoms with E-state index in [-0.39, 0.29) is 38.0 Å². The summed E-state index contributed by atoms with van der Waals surface area (Å²) in [5.74, 6) is 1.83. The number of aromatic nitrogens is 6. The molecule has 0 bridgehead atoms. The van der Waals surface area contributed by atoms with E-state index in [0.29, 0.717) is 11.6 Å². The zero-order chi connectivity index (χ0) is 49.9. The number of fused-ring (bicyclic) bond motifs is 6. The van der Waals surface area contributed by atoms with Gasteiger partial charge in [-0.1, -0.05) is 66.7 Å². The van der Waals surface area contributed by atoms with Gasteiger partial charge in [0, 0.05) is 94.8 Å². The van der Waals surface area contributed by atoms with Gasteiger partial charge >= 0.3 is 41.5 Å². The molecule has 4 aromatic heterocycles. The number of carbonyl (C=O) groups is 3. The summed E-state index contributed by atoms with van der Waals surface area (Å²) in [6.45, 7) is 7.38. The Bertz CT molecular complexity index is 3270. The molecule has 20 heteroatoms. The molecule has 3 radical (unpaired) electrons. The molecule has 5 N–H and O–H groups in total. The number of nitrogen functional groups attached to an aromatic ring is 2. The van der Waals surface area contributed by atoms with E-state index < -0.39 is 17.9 Å². The minimum atomic E-state index is -1.08. The summed E-state index contributed by atoms with van der Waals surface area (Å²) in [5, 5.41) is 12.3. The van der Waals surface area contributed by atoms with Gasteiger partial charge in [-0.25, -0.2) is 39.3 Å². The van der Waals surface area contributed by atoms with Crippen molar-refractivity contribution in [2.75, 3.05) is 11.5 Å². The van der Waals surface area contributed by atoms with Gasteiger partial charge in [-0.05, 0) is 85.3 Å². The SMILES string of the molecule is CC(=O)OOC(C)=O.CC(=O)[O-].Nc1ncnc2c3c(n(-c4ccc(Oc5ccccc5)cc4)c12)CN(Cc1ccccc1)C3.Nc1ncnc2c3c(n(-c4ccc(Oc5ccccc5)cc4)c12)CNC3.[B].[Na+]. The molecular weight excluding hydrogens is 938 g/mol. The molecule has 0 saturated heterocycles. The molecule has 363 valence electrons. The molecule has 2 aliphatic rings. The smallest absolute Gasteiger partial charge is 0.550 e. The second-order valence-electron chi connectivity index (χ2n) is 16.1. The molecule has 11 rings (SSSR count). The van der Waals surface area contributed by atoms with Crippen molar-refractivity contribution in [1.82, 2.24) is 39.3 Å². The number of nitrogens with zero attached hydrogens (tertiary/aromatic N) is 7. The fourth-order valence-corrected chi connectivity index (χ4v) is 8.20. The number of para-hydroxylation sites is 2. The predicted octanol–water partition coefficient (Wildman–Crippen LogP) is 4.12. The van der Waals surface area contributed by atoms with Crippen molar-refractivity contribution in [3.63, 3.8) is 0 Å². The van der Waals surface area contributed by atoms with Crippen LogP contribution in [0.1, 0.15) is 48.8 Å². The Balaban J connectivity index is 0.000000194. The van der Waals surface area contributed by atoms with Crippen LogP contribution in [0.25, 0.3) is 33.4 Å². The third-order valence-electron chi connectivity index (χ3n) is 11.0. The molecule has 0 saturated carbocycles. The van der Waals surface area contributed by atoms with Crippen LogP contribution in [0.5, 0.6) is 23.0 Å². The van der Waals surface area contributed by atoms with Gasteiger partial charge in [-0.3, -0.25) is 4.90 Å². The van der Waals surface area contributed by atoms with Crippen molar-refractivity contribution < 1.29 is 68.3 Å². The van der Waals surface area contributed by atoms with Crippen LogP contribution < -0.4 is 60.9 Å². The molecule has 2 aliphatic heterocycles. The Morgan fingerprint density at radius 3 is 1.42 bits per heavy atom. The first-order valence-corrected chi connectivity index (χ1v) is 22.4. The Labute approximate surface area is 444 Å². The van der Waals surface area contributed by atoms with Crippen molar-refractivity contribution in [2.24, 2.45) is 0 Å². The first-order chi connectivity index (χ1) is 34.4. The fourth-order valence-electron chi connectivity index (χ4n) is 8.20. The molecule has 73 heavy (non-hydrogen) atoms. The third-order valence-corrected chi connectivity index (χ3v) is 11.0. The van der Waals surface area contributed by atoms with Crippen LogP contribution in [0.2, 0.25) is 0 Å². The van der Waals surface area contributed by atoms with E-state index in [9.17, 15) is 9.59 Å². The van der Waals surface area contributed by atoms with E-state index in [1.54, 1.807) is 6.33 Å². The monoisotopic (exact) mass is 987 g/mol. The summed E-state index contributed by atoms with van der Waals surface area (Å²) in [4.78, 5) is 56.2. The van der Waals surface area contributed by atoms with E-state index in [4.69, 9.17) is 30.8 Å². The van der Waals surface area contributed by atoms with Crippen LogP contribution in [0.15, 0.2) is 152 Å². The Morgan fingerprint density at radius 1 is 0.562 bits per heavy atom. The first kappa shape index (κ1) is 54.3. The Morgan fingerprint density at radius 2 is 0.973 bits per heavy atom. The molecule has 0 spiro atoms. The number of hydrogen-bond donors (Lipinski definition) is 3. The van der Waals surface area contributed by atoms with Crippen molar-refractivity contribution in [3.05, 3.63) is 180 Å². The molecule has 0 fully saturated rings. The van der Waals surface area contributed by atoms with Crippen LogP contribution in [-0.2, 0) is 56.9 Å². The van der Waals surface area contributed by atoms with E-state index in [0.717, 1.165) is 110 Å². The number of anilines is 2. The molecule has 6 heterocycles. The normalized spacial score (nSPS) is 11.9. The molecule has 0 atom stereocenters. The minimum Gasteiger partial charge on any atom is -0.550 e. The van der Waals surface area contributed by atoms with Gasteiger partial charge in [0.15, 0.2) is 11.6 Å². The summed E-state index contributed by atoms with van der Waals surface area (Å²) in [6.07, 6.45) is 3.08. The third kappa shape index (κ3) is 13.5. The van der Waals surface area contributed by atoms with Gasteiger partial charge < -0.3 is 45.3 Å². The number of nitrogens with two attached hydrogens (primary N) is 2. The van der Waals surface area contributed by atoms with Gasteiger partial charge in [0.05, 0.1) is 11.0 Å². The predicted molar refractivity (Wildman–Crippen MR) is 269 cm³/mol. The van der Waals surface area contributed by atoms with Crippen LogP contribution in [0.3, 0.4) is 0 Å². The summed E-state index contributed by atoms with van der Waals surface area (Å²) in [7, 11) is 0.